The Labute approximate surface area is 127 Å². The molecule has 1 heterocycles. The van der Waals surface area contributed by atoms with Gasteiger partial charge in [-0.15, -0.1) is 0 Å². The Morgan fingerprint density at radius 1 is 1.29 bits per heavy atom. The van der Waals surface area contributed by atoms with Crippen LogP contribution in [0.4, 0.5) is 5.82 Å². The van der Waals surface area contributed by atoms with Crippen LogP contribution in [0.2, 0.25) is 0 Å². The molecule has 0 amide bonds. The van der Waals surface area contributed by atoms with Gasteiger partial charge in [-0.05, 0) is 31.2 Å². The van der Waals surface area contributed by atoms with Crippen molar-refractivity contribution in [2.75, 3.05) is 18.4 Å². The zero-order valence-electron chi connectivity index (χ0n) is 12.6. The summed E-state index contributed by atoms with van der Waals surface area (Å²) in [7, 11) is -3.44. The van der Waals surface area contributed by atoms with Gasteiger partial charge in [0.15, 0.2) is 0 Å². The van der Waals surface area contributed by atoms with Gasteiger partial charge in [0, 0.05) is 25.4 Å². The molecule has 0 atom stereocenters. The first-order chi connectivity index (χ1) is 10.1. The summed E-state index contributed by atoms with van der Waals surface area (Å²) in [6.07, 6.45) is 8.47. The Morgan fingerprint density at radius 2 is 2.05 bits per heavy atom. The number of hydrogen-bond acceptors (Lipinski definition) is 4. The fraction of sp³-hybridized carbons (Fsp3) is 0.667. The van der Waals surface area contributed by atoms with E-state index in [2.05, 4.69) is 21.9 Å². The van der Waals surface area contributed by atoms with E-state index < -0.39 is 10.0 Å². The Hall–Kier alpha value is -1.14. The molecule has 1 aromatic rings. The molecular weight excluding hydrogens is 286 g/mol. The average Bonchev–Trinajstić information content (AvgIpc) is 2.52. The normalized spacial score (nSPS) is 16.8. The first kappa shape index (κ1) is 16.2. The largest absolute Gasteiger partial charge is 0.370 e. The highest BCUT2D eigenvalue weighted by Gasteiger charge is 2.19. The van der Waals surface area contributed by atoms with Crippen molar-refractivity contribution in [3.05, 3.63) is 18.3 Å². The Balaban J connectivity index is 1.97. The summed E-state index contributed by atoms with van der Waals surface area (Å²) in [5.41, 5.74) is 0. The molecule has 1 aliphatic carbocycles. The van der Waals surface area contributed by atoms with Crippen LogP contribution in [0.15, 0.2) is 23.2 Å². The second-order valence-electron chi connectivity index (χ2n) is 5.66. The van der Waals surface area contributed by atoms with Crippen molar-refractivity contribution in [2.45, 2.75) is 50.3 Å². The van der Waals surface area contributed by atoms with Crippen LogP contribution in [0, 0.1) is 5.92 Å². The van der Waals surface area contributed by atoms with Crippen LogP contribution in [0.25, 0.3) is 0 Å². The highest BCUT2D eigenvalue weighted by molar-refractivity contribution is 7.89. The molecule has 2 rings (SSSR count). The van der Waals surface area contributed by atoms with Gasteiger partial charge in [0.1, 0.15) is 5.82 Å². The number of anilines is 1. The fourth-order valence-electron chi connectivity index (χ4n) is 2.63. The molecule has 0 aliphatic heterocycles. The van der Waals surface area contributed by atoms with E-state index >= 15 is 0 Å². The van der Waals surface area contributed by atoms with Crippen molar-refractivity contribution < 1.29 is 8.42 Å². The van der Waals surface area contributed by atoms with Gasteiger partial charge in [-0.2, -0.15) is 0 Å². The molecule has 2 N–H and O–H groups in total. The van der Waals surface area contributed by atoms with Gasteiger partial charge < -0.3 is 5.32 Å². The minimum atomic E-state index is -3.44. The van der Waals surface area contributed by atoms with Gasteiger partial charge in [-0.25, -0.2) is 18.1 Å². The molecular formula is C15H25N3O2S. The van der Waals surface area contributed by atoms with E-state index in [1.165, 1.54) is 25.5 Å². The molecule has 1 fully saturated rings. The van der Waals surface area contributed by atoms with Crippen molar-refractivity contribution in [1.82, 2.24) is 9.71 Å². The van der Waals surface area contributed by atoms with Crippen molar-refractivity contribution in [3.8, 4) is 0 Å². The number of aromatic nitrogens is 1. The molecule has 118 valence electrons. The van der Waals surface area contributed by atoms with E-state index in [1.54, 1.807) is 12.1 Å². The second-order valence-corrected chi connectivity index (χ2v) is 7.43. The first-order valence-corrected chi connectivity index (χ1v) is 9.29. The average molecular weight is 311 g/mol. The third-order valence-corrected chi connectivity index (χ3v) is 5.31. The van der Waals surface area contributed by atoms with Crippen LogP contribution in [0.1, 0.15) is 45.4 Å². The first-order valence-electron chi connectivity index (χ1n) is 7.81. The van der Waals surface area contributed by atoms with Gasteiger partial charge in [0.2, 0.25) is 10.0 Å². The maximum Gasteiger partial charge on any atom is 0.240 e. The fourth-order valence-corrected chi connectivity index (χ4v) is 3.76. The minimum absolute atomic E-state index is 0.284. The summed E-state index contributed by atoms with van der Waals surface area (Å²) in [6.45, 7) is 3.38. The van der Waals surface area contributed by atoms with E-state index in [9.17, 15) is 8.42 Å². The van der Waals surface area contributed by atoms with E-state index in [0.29, 0.717) is 18.3 Å². The van der Waals surface area contributed by atoms with Crippen LogP contribution in [0.3, 0.4) is 0 Å². The lowest BCUT2D eigenvalue weighted by molar-refractivity contribution is 0.357. The SMILES string of the molecule is CCCNc1cc(S(=O)(=O)NCC2CCCCC2)ccn1. The van der Waals surface area contributed by atoms with Crippen LogP contribution < -0.4 is 10.0 Å². The monoisotopic (exact) mass is 311 g/mol. The summed E-state index contributed by atoms with van der Waals surface area (Å²) < 4.78 is 27.4. The number of rotatable bonds is 7. The Morgan fingerprint density at radius 3 is 2.76 bits per heavy atom. The number of hydrogen-bond donors (Lipinski definition) is 2. The van der Waals surface area contributed by atoms with Crippen LogP contribution >= 0.6 is 0 Å². The summed E-state index contributed by atoms with van der Waals surface area (Å²) >= 11 is 0. The predicted molar refractivity (Wildman–Crippen MR) is 84.8 cm³/mol. The predicted octanol–water partition coefficient (Wildman–Crippen LogP) is 2.76. The lowest BCUT2D eigenvalue weighted by Crippen LogP contribution is -2.30. The molecule has 0 radical (unpaired) electrons. The molecule has 6 heteroatoms. The highest BCUT2D eigenvalue weighted by Crippen LogP contribution is 2.23. The van der Waals surface area contributed by atoms with Crippen molar-refractivity contribution >= 4 is 15.8 Å². The number of nitrogens with zero attached hydrogens (tertiary/aromatic N) is 1. The molecule has 21 heavy (non-hydrogen) atoms. The zero-order valence-corrected chi connectivity index (χ0v) is 13.5. The number of nitrogens with one attached hydrogen (secondary N) is 2. The molecule has 0 spiro atoms. The molecule has 0 bridgehead atoms. The smallest absolute Gasteiger partial charge is 0.240 e. The summed E-state index contributed by atoms with van der Waals surface area (Å²) in [4.78, 5) is 4.42. The molecule has 1 saturated carbocycles. The lowest BCUT2D eigenvalue weighted by Gasteiger charge is -2.21. The van der Waals surface area contributed by atoms with E-state index in [-0.39, 0.29) is 4.90 Å². The molecule has 0 aromatic carbocycles. The maximum absolute atomic E-state index is 12.3. The summed E-state index contributed by atoms with van der Waals surface area (Å²) in [5.74, 6) is 1.09. The van der Waals surface area contributed by atoms with Gasteiger partial charge in [0.05, 0.1) is 4.90 Å². The van der Waals surface area contributed by atoms with E-state index in [0.717, 1.165) is 25.8 Å². The Kier molecular flexibility index (Phi) is 5.99. The van der Waals surface area contributed by atoms with Crippen LogP contribution in [0.5, 0.6) is 0 Å². The molecule has 0 saturated heterocycles. The second kappa shape index (κ2) is 7.75. The van der Waals surface area contributed by atoms with E-state index in [4.69, 9.17) is 0 Å². The van der Waals surface area contributed by atoms with Gasteiger partial charge >= 0.3 is 0 Å². The Bertz CT molecular complexity index is 540. The topological polar surface area (TPSA) is 71.1 Å². The summed E-state index contributed by atoms with van der Waals surface area (Å²) in [5, 5.41) is 3.11. The lowest BCUT2D eigenvalue weighted by atomic mass is 9.90. The van der Waals surface area contributed by atoms with Crippen molar-refractivity contribution in [3.63, 3.8) is 0 Å². The van der Waals surface area contributed by atoms with Gasteiger partial charge in [-0.3, -0.25) is 0 Å². The van der Waals surface area contributed by atoms with Crippen molar-refractivity contribution in [2.24, 2.45) is 5.92 Å². The van der Waals surface area contributed by atoms with Gasteiger partial charge in [0.25, 0.3) is 0 Å². The maximum atomic E-state index is 12.3. The summed E-state index contributed by atoms with van der Waals surface area (Å²) in [6, 6.07) is 3.14. The molecule has 1 aliphatic rings. The van der Waals surface area contributed by atoms with Gasteiger partial charge in [-0.1, -0.05) is 26.2 Å². The molecule has 5 nitrogen and oxygen atoms in total. The third kappa shape index (κ3) is 4.97. The van der Waals surface area contributed by atoms with Crippen LogP contribution in [-0.4, -0.2) is 26.5 Å². The van der Waals surface area contributed by atoms with Crippen molar-refractivity contribution in [1.29, 1.82) is 0 Å². The third-order valence-electron chi connectivity index (χ3n) is 3.88. The highest BCUT2D eigenvalue weighted by atomic mass is 32.2. The molecule has 1 aromatic heterocycles. The zero-order chi connectivity index (χ0) is 15.1. The van der Waals surface area contributed by atoms with Crippen LogP contribution in [-0.2, 0) is 10.0 Å². The number of sulfonamides is 1. The van der Waals surface area contributed by atoms with E-state index in [1.807, 2.05) is 0 Å². The minimum Gasteiger partial charge on any atom is -0.370 e. The molecule has 0 unspecified atom stereocenters. The number of pyridine rings is 1. The standard InChI is InChI=1S/C15H25N3O2S/c1-2-9-16-15-11-14(8-10-17-15)21(19,20)18-12-13-6-4-3-5-7-13/h8,10-11,13,18H,2-7,9,12H2,1H3,(H,16,17). The quantitative estimate of drug-likeness (QED) is 0.812.